The molecule has 22 heavy (non-hydrogen) atoms. The first kappa shape index (κ1) is 28.1. The molecule has 0 aliphatic rings. The van der Waals surface area contributed by atoms with E-state index in [1.165, 1.54) is 11.8 Å². The number of carbonyl (C=O) groups excluding carboxylic acids is 4. The summed E-state index contributed by atoms with van der Waals surface area (Å²) in [6.45, 7) is 8.18. The lowest BCUT2D eigenvalue weighted by Gasteiger charge is -2.13. The lowest BCUT2D eigenvalue weighted by atomic mass is 10.4. The average molecular weight is 320 g/mol. The van der Waals surface area contributed by atoms with Gasteiger partial charge in [-0.25, -0.2) is 0 Å². The van der Waals surface area contributed by atoms with Gasteiger partial charge in [-0.05, 0) is 20.8 Å². The van der Waals surface area contributed by atoms with Crippen molar-refractivity contribution in [3.8, 4) is 0 Å². The predicted molar refractivity (Wildman–Crippen MR) is 88.0 cm³/mol. The van der Waals surface area contributed by atoms with Gasteiger partial charge in [0, 0.05) is 47.7 Å². The molecule has 4 amide bonds. The van der Waals surface area contributed by atoms with E-state index in [1.54, 1.807) is 38.0 Å². The zero-order valence-corrected chi connectivity index (χ0v) is 15.1. The van der Waals surface area contributed by atoms with Gasteiger partial charge in [0.15, 0.2) is 0 Å². The summed E-state index contributed by atoms with van der Waals surface area (Å²) >= 11 is 0. The number of hydrogen-bond acceptors (Lipinski definition) is 4. The van der Waals surface area contributed by atoms with E-state index in [9.17, 15) is 14.4 Å². The normalized spacial score (nSPS) is 7.68. The van der Waals surface area contributed by atoms with Crippen LogP contribution in [0.1, 0.15) is 27.7 Å². The van der Waals surface area contributed by atoms with Crippen molar-refractivity contribution in [2.24, 2.45) is 5.73 Å². The highest BCUT2D eigenvalue weighted by molar-refractivity contribution is 5.72. The Kier molecular flexibility index (Phi) is 27.1. The van der Waals surface area contributed by atoms with Crippen molar-refractivity contribution < 1.29 is 19.2 Å². The van der Waals surface area contributed by atoms with Crippen molar-refractivity contribution in [1.29, 1.82) is 0 Å². The Bertz CT molecular complexity index is 284. The third-order valence-electron chi connectivity index (χ3n) is 2.29. The Balaban J connectivity index is -0.000000102. The maximum Gasteiger partial charge on any atom is 0.218 e. The van der Waals surface area contributed by atoms with Gasteiger partial charge in [0.25, 0.3) is 0 Å². The summed E-state index contributed by atoms with van der Waals surface area (Å²) in [6, 6.07) is 0.331. The van der Waals surface area contributed by atoms with Gasteiger partial charge in [0.2, 0.25) is 25.1 Å². The highest BCUT2D eigenvalue weighted by Crippen LogP contribution is 1.85. The quantitative estimate of drug-likeness (QED) is 0.723. The first-order chi connectivity index (χ1) is 10.0. The number of carbonyl (C=O) groups is 4. The molecular formula is C14H32N4O4. The summed E-state index contributed by atoms with van der Waals surface area (Å²) in [5, 5.41) is 0. The molecule has 0 aromatic rings. The molecule has 0 bridgehead atoms. The van der Waals surface area contributed by atoms with Crippen LogP contribution in [0.4, 0.5) is 0 Å². The Hall–Kier alpha value is -2.12. The minimum atomic E-state index is 0.0926. The minimum absolute atomic E-state index is 0.0926. The molecule has 0 fully saturated rings. The second-order valence-electron chi connectivity index (χ2n) is 4.59. The van der Waals surface area contributed by atoms with Crippen molar-refractivity contribution in [2.45, 2.75) is 33.7 Å². The zero-order valence-electron chi connectivity index (χ0n) is 15.1. The summed E-state index contributed by atoms with van der Waals surface area (Å²) in [7, 11) is 6.95. The molecule has 0 unspecified atom stereocenters. The van der Waals surface area contributed by atoms with Crippen molar-refractivity contribution >= 4 is 25.1 Å². The number of rotatable bonds is 4. The minimum Gasteiger partial charge on any atom is -0.372 e. The summed E-state index contributed by atoms with van der Waals surface area (Å²) in [4.78, 5) is 42.9. The highest BCUT2D eigenvalue weighted by atomic mass is 16.2. The average Bonchev–Trinajstić information content (AvgIpc) is 2.47. The fourth-order valence-corrected chi connectivity index (χ4v) is 0.196. The molecule has 0 saturated heterocycles. The fourth-order valence-electron chi connectivity index (χ4n) is 0.196. The van der Waals surface area contributed by atoms with Crippen LogP contribution in [0.25, 0.3) is 0 Å². The lowest BCUT2D eigenvalue weighted by Crippen LogP contribution is -2.23. The SMILES string of the molecule is CC(=O)N(C)C.CC(C)N(C)C=O.CCN(C)C=O.NC=O. The van der Waals surface area contributed by atoms with Gasteiger partial charge in [-0.1, -0.05) is 0 Å². The van der Waals surface area contributed by atoms with Gasteiger partial charge in [-0.15, -0.1) is 0 Å². The van der Waals surface area contributed by atoms with Gasteiger partial charge in [-0.2, -0.15) is 0 Å². The molecule has 0 rings (SSSR count). The molecule has 132 valence electrons. The molecule has 0 spiro atoms. The molecule has 8 heteroatoms. The molecular weight excluding hydrogens is 288 g/mol. The van der Waals surface area contributed by atoms with E-state index in [4.69, 9.17) is 4.79 Å². The largest absolute Gasteiger partial charge is 0.372 e. The van der Waals surface area contributed by atoms with Crippen molar-refractivity contribution in [3.63, 3.8) is 0 Å². The van der Waals surface area contributed by atoms with Gasteiger partial charge in [-0.3, -0.25) is 19.2 Å². The van der Waals surface area contributed by atoms with Gasteiger partial charge in [0.05, 0.1) is 0 Å². The molecule has 8 nitrogen and oxygen atoms in total. The molecule has 2 N–H and O–H groups in total. The van der Waals surface area contributed by atoms with Crippen LogP contribution < -0.4 is 5.73 Å². The molecule has 0 aliphatic carbocycles. The molecule has 0 radical (unpaired) electrons. The van der Waals surface area contributed by atoms with E-state index in [2.05, 4.69) is 5.73 Å². The standard InChI is InChI=1S/C5H11NO.2C4H9NO.CH3NO/c1-5(2)6(3)4-7;1-4(6)5(2)3;1-3-5(2)4-6;2-1-3/h4-5H,1-3H3;1-3H3;4H,3H2,1-2H3;1H,(H2,2,3). The van der Waals surface area contributed by atoms with Crippen molar-refractivity contribution in [1.82, 2.24) is 14.7 Å². The molecule has 0 saturated carbocycles. The lowest BCUT2D eigenvalue weighted by molar-refractivity contribution is -0.126. The summed E-state index contributed by atoms with van der Waals surface area (Å²) in [6.07, 6.45) is 1.88. The summed E-state index contributed by atoms with van der Waals surface area (Å²) in [5.74, 6) is 0.0926. The molecule has 0 aromatic carbocycles. The van der Waals surface area contributed by atoms with Crippen LogP contribution in [0, 0.1) is 0 Å². The van der Waals surface area contributed by atoms with Crippen LogP contribution >= 0.6 is 0 Å². The van der Waals surface area contributed by atoms with Crippen LogP contribution in [-0.2, 0) is 19.2 Å². The summed E-state index contributed by atoms with van der Waals surface area (Å²) < 4.78 is 0. The van der Waals surface area contributed by atoms with E-state index in [0.29, 0.717) is 6.04 Å². The molecule has 0 heterocycles. The number of hydrogen-bond donors (Lipinski definition) is 1. The fraction of sp³-hybridized carbons (Fsp3) is 0.714. The smallest absolute Gasteiger partial charge is 0.218 e. The first-order valence-corrected chi connectivity index (χ1v) is 6.71. The summed E-state index contributed by atoms with van der Waals surface area (Å²) in [5.41, 5.74) is 4.17. The van der Waals surface area contributed by atoms with E-state index >= 15 is 0 Å². The van der Waals surface area contributed by atoms with Crippen LogP contribution in [-0.4, -0.2) is 80.6 Å². The molecule has 0 atom stereocenters. The maximum absolute atomic E-state index is 10.1. The Labute approximate surface area is 134 Å². The van der Waals surface area contributed by atoms with E-state index < -0.39 is 0 Å². The third kappa shape index (κ3) is 36.1. The van der Waals surface area contributed by atoms with Gasteiger partial charge < -0.3 is 20.4 Å². The van der Waals surface area contributed by atoms with Crippen LogP contribution in [0.15, 0.2) is 0 Å². The number of primary amides is 1. The van der Waals surface area contributed by atoms with Crippen LogP contribution in [0.3, 0.4) is 0 Å². The Morgan fingerprint density at radius 2 is 1.36 bits per heavy atom. The van der Waals surface area contributed by atoms with Crippen LogP contribution in [0.5, 0.6) is 0 Å². The highest BCUT2D eigenvalue weighted by Gasteiger charge is 1.94. The second kappa shape index (κ2) is 21.2. The van der Waals surface area contributed by atoms with Crippen molar-refractivity contribution in [2.75, 3.05) is 34.7 Å². The topological polar surface area (TPSA) is 104 Å². The zero-order chi connectivity index (χ0) is 18.7. The maximum atomic E-state index is 10.1. The van der Waals surface area contributed by atoms with Gasteiger partial charge >= 0.3 is 0 Å². The van der Waals surface area contributed by atoms with Crippen molar-refractivity contribution in [3.05, 3.63) is 0 Å². The monoisotopic (exact) mass is 320 g/mol. The molecule has 0 aliphatic heterocycles. The number of nitrogens with zero attached hydrogens (tertiary/aromatic N) is 3. The molecule has 0 aromatic heterocycles. The van der Waals surface area contributed by atoms with E-state index in [0.717, 1.165) is 19.4 Å². The Morgan fingerprint density at radius 1 is 1.05 bits per heavy atom. The van der Waals surface area contributed by atoms with E-state index in [-0.39, 0.29) is 12.3 Å². The number of nitrogens with two attached hydrogens (primary N) is 1. The first-order valence-electron chi connectivity index (χ1n) is 6.71. The van der Waals surface area contributed by atoms with Gasteiger partial charge in [0.1, 0.15) is 0 Å². The second-order valence-corrected chi connectivity index (χ2v) is 4.59. The van der Waals surface area contributed by atoms with E-state index in [1.807, 2.05) is 20.8 Å². The number of amides is 4. The third-order valence-corrected chi connectivity index (χ3v) is 2.29. The Morgan fingerprint density at radius 3 is 1.36 bits per heavy atom. The van der Waals surface area contributed by atoms with Crippen LogP contribution in [0.2, 0.25) is 0 Å². The predicted octanol–water partition coefficient (Wildman–Crippen LogP) is -0.226.